The molecule has 2 aromatic heterocycles. The zero-order chi connectivity index (χ0) is 14.8. The second kappa shape index (κ2) is 6.04. The summed E-state index contributed by atoms with van der Waals surface area (Å²) in [5.74, 6) is 3.45. The van der Waals surface area contributed by atoms with Gasteiger partial charge in [-0.3, -0.25) is 4.90 Å². The zero-order valence-electron chi connectivity index (χ0n) is 12.7. The molecule has 1 aliphatic heterocycles. The van der Waals surface area contributed by atoms with Gasteiger partial charge in [-0.2, -0.15) is 16.3 Å². The van der Waals surface area contributed by atoms with Crippen LogP contribution in [0.3, 0.4) is 0 Å². The molecule has 1 saturated heterocycles. The maximum absolute atomic E-state index is 4.53. The smallest absolute Gasteiger partial charge is 0.177 e. The van der Waals surface area contributed by atoms with Crippen molar-refractivity contribution in [3.8, 4) is 0 Å². The average molecular weight is 318 g/mol. The summed E-state index contributed by atoms with van der Waals surface area (Å²) < 4.78 is 1.72. The van der Waals surface area contributed by atoms with Gasteiger partial charge >= 0.3 is 0 Å². The number of aromatic nitrogens is 4. The van der Waals surface area contributed by atoms with E-state index in [0.717, 1.165) is 18.0 Å². The third-order valence-electron chi connectivity index (χ3n) is 4.98. The normalized spacial score (nSPS) is 22.2. The van der Waals surface area contributed by atoms with Gasteiger partial charge in [0, 0.05) is 36.7 Å². The molecule has 0 aromatic carbocycles. The second-order valence-electron chi connectivity index (χ2n) is 6.24. The molecule has 2 fully saturated rings. The quantitative estimate of drug-likeness (QED) is 0.929. The molecule has 1 aliphatic carbocycles. The van der Waals surface area contributed by atoms with E-state index < -0.39 is 0 Å². The highest BCUT2D eigenvalue weighted by molar-refractivity contribution is 7.99. The Morgan fingerprint density at radius 2 is 2.00 bits per heavy atom. The van der Waals surface area contributed by atoms with Crippen LogP contribution < -0.4 is 5.32 Å². The lowest BCUT2D eigenvalue weighted by Gasteiger charge is -2.43. The van der Waals surface area contributed by atoms with Crippen molar-refractivity contribution < 1.29 is 0 Å². The van der Waals surface area contributed by atoms with E-state index in [4.69, 9.17) is 0 Å². The van der Waals surface area contributed by atoms with Gasteiger partial charge in [0.25, 0.3) is 0 Å². The number of rotatable bonds is 4. The molecule has 0 amide bonds. The molecule has 2 aliphatic rings. The number of nitrogens with zero attached hydrogens (tertiary/aromatic N) is 5. The predicted molar refractivity (Wildman–Crippen MR) is 89.4 cm³/mol. The molecule has 3 heterocycles. The second-order valence-corrected chi connectivity index (χ2v) is 7.46. The van der Waals surface area contributed by atoms with Gasteiger partial charge in [0.05, 0.1) is 0 Å². The van der Waals surface area contributed by atoms with E-state index in [1.807, 2.05) is 12.1 Å². The predicted octanol–water partition coefficient (Wildman–Crippen LogP) is 1.90. The molecule has 0 bridgehead atoms. The SMILES string of the molecule is c1cc2nncn2nc1NCC1(N2CCSCC2)CCCC1. The number of hydrogen-bond acceptors (Lipinski definition) is 6. The van der Waals surface area contributed by atoms with Crippen LogP contribution in [0, 0.1) is 0 Å². The maximum Gasteiger partial charge on any atom is 0.177 e. The fourth-order valence-corrected chi connectivity index (χ4v) is 4.66. The Labute approximate surface area is 134 Å². The molecule has 6 nitrogen and oxygen atoms in total. The van der Waals surface area contributed by atoms with Gasteiger partial charge in [0.15, 0.2) is 5.65 Å². The van der Waals surface area contributed by atoms with Gasteiger partial charge in [-0.1, -0.05) is 12.8 Å². The van der Waals surface area contributed by atoms with Crippen LogP contribution in [0.25, 0.3) is 5.65 Å². The summed E-state index contributed by atoms with van der Waals surface area (Å²) >= 11 is 2.08. The van der Waals surface area contributed by atoms with Crippen molar-refractivity contribution in [1.29, 1.82) is 0 Å². The molecule has 1 saturated carbocycles. The maximum atomic E-state index is 4.53. The monoisotopic (exact) mass is 318 g/mol. The molecule has 4 rings (SSSR count). The standard InChI is InChI=1S/C15H22N6S/c1-2-6-15(5-1,20-7-9-22-10-8-20)11-16-13-3-4-14-18-17-12-21(14)19-13/h3-4,12H,1-2,5-11H2,(H,16,19). The number of thioether (sulfide) groups is 1. The van der Waals surface area contributed by atoms with Crippen molar-refractivity contribution in [1.82, 2.24) is 24.7 Å². The highest BCUT2D eigenvalue weighted by atomic mass is 32.2. The van der Waals surface area contributed by atoms with Crippen molar-refractivity contribution in [3.63, 3.8) is 0 Å². The van der Waals surface area contributed by atoms with Gasteiger partial charge in [0.2, 0.25) is 0 Å². The van der Waals surface area contributed by atoms with Crippen molar-refractivity contribution >= 4 is 23.2 Å². The van der Waals surface area contributed by atoms with Gasteiger partial charge in [-0.25, -0.2) is 0 Å². The fraction of sp³-hybridized carbons (Fsp3) is 0.667. The van der Waals surface area contributed by atoms with E-state index in [0.29, 0.717) is 5.54 Å². The van der Waals surface area contributed by atoms with E-state index >= 15 is 0 Å². The minimum absolute atomic E-state index is 0.324. The van der Waals surface area contributed by atoms with Crippen molar-refractivity contribution in [2.75, 3.05) is 36.5 Å². The lowest BCUT2D eigenvalue weighted by Crippen LogP contribution is -2.54. The van der Waals surface area contributed by atoms with Gasteiger partial charge in [-0.15, -0.1) is 15.3 Å². The van der Waals surface area contributed by atoms with E-state index in [2.05, 4.69) is 37.3 Å². The van der Waals surface area contributed by atoms with Crippen LogP contribution >= 0.6 is 11.8 Å². The summed E-state index contributed by atoms with van der Waals surface area (Å²) in [5.41, 5.74) is 1.11. The highest BCUT2D eigenvalue weighted by Crippen LogP contribution is 2.36. The molecule has 118 valence electrons. The Morgan fingerprint density at radius 1 is 1.18 bits per heavy atom. The molecule has 0 spiro atoms. The van der Waals surface area contributed by atoms with Crippen LogP contribution in [0.4, 0.5) is 5.82 Å². The Balaban J connectivity index is 1.49. The first kappa shape index (κ1) is 14.3. The number of nitrogens with one attached hydrogen (secondary N) is 1. The van der Waals surface area contributed by atoms with E-state index in [1.54, 1.807) is 10.8 Å². The molecular formula is C15H22N6S. The van der Waals surface area contributed by atoms with E-state index in [1.165, 1.54) is 50.3 Å². The number of fused-ring (bicyclic) bond motifs is 1. The van der Waals surface area contributed by atoms with Crippen LogP contribution in [0.2, 0.25) is 0 Å². The first-order chi connectivity index (χ1) is 10.9. The van der Waals surface area contributed by atoms with Crippen LogP contribution in [-0.4, -0.2) is 61.4 Å². The summed E-state index contributed by atoms with van der Waals surface area (Å²) in [7, 11) is 0. The molecule has 0 atom stereocenters. The van der Waals surface area contributed by atoms with Crippen LogP contribution in [0.1, 0.15) is 25.7 Å². The third-order valence-corrected chi connectivity index (χ3v) is 5.92. The van der Waals surface area contributed by atoms with Crippen LogP contribution in [-0.2, 0) is 0 Å². The average Bonchev–Trinajstić information content (AvgIpc) is 3.23. The summed E-state index contributed by atoms with van der Waals surface area (Å²) in [6.07, 6.45) is 6.96. The number of anilines is 1. The minimum Gasteiger partial charge on any atom is -0.367 e. The Kier molecular flexibility index (Phi) is 3.92. The largest absolute Gasteiger partial charge is 0.367 e. The minimum atomic E-state index is 0.324. The van der Waals surface area contributed by atoms with Gasteiger partial charge < -0.3 is 5.32 Å². The Morgan fingerprint density at radius 3 is 2.82 bits per heavy atom. The van der Waals surface area contributed by atoms with Crippen molar-refractivity contribution in [2.24, 2.45) is 0 Å². The first-order valence-corrected chi connectivity index (χ1v) is 9.25. The number of hydrogen-bond donors (Lipinski definition) is 1. The lowest BCUT2D eigenvalue weighted by molar-refractivity contribution is 0.116. The highest BCUT2D eigenvalue weighted by Gasteiger charge is 2.39. The molecule has 1 N–H and O–H groups in total. The van der Waals surface area contributed by atoms with E-state index in [-0.39, 0.29) is 0 Å². The molecule has 7 heteroatoms. The fourth-order valence-electron chi connectivity index (χ4n) is 3.75. The zero-order valence-corrected chi connectivity index (χ0v) is 13.6. The van der Waals surface area contributed by atoms with E-state index in [9.17, 15) is 0 Å². The molecular weight excluding hydrogens is 296 g/mol. The van der Waals surface area contributed by atoms with Crippen molar-refractivity contribution in [2.45, 2.75) is 31.2 Å². The summed E-state index contributed by atoms with van der Waals surface area (Å²) in [6, 6.07) is 3.96. The molecule has 22 heavy (non-hydrogen) atoms. The topological polar surface area (TPSA) is 58.4 Å². The third kappa shape index (κ3) is 2.67. The molecule has 0 radical (unpaired) electrons. The van der Waals surface area contributed by atoms with Crippen LogP contribution in [0.5, 0.6) is 0 Å². The summed E-state index contributed by atoms with van der Waals surface area (Å²) in [4.78, 5) is 2.72. The lowest BCUT2D eigenvalue weighted by atomic mass is 9.94. The first-order valence-electron chi connectivity index (χ1n) is 8.10. The molecule has 2 aromatic rings. The van der Waals surface area contributed by atoms with Gasteiger partial charge in [-0.05, 0) is 25.0 Å². The van der Waals surface area contributed by atoms with Crippen LogP contribution in [0.15, 0.2) is 18.5 Å². The van der Waals surface area contributed by atoms with Gasteiger partial charge in [0.1, 0.15) is 12.1 Å². The van der Waals surface area contributed by atoms with Crippen molar-refractivity contribution in [3.05, 3.63) is 18.5 Å². The summed E-state index contributed by atoms with van der Waals surface area (Å²) in [6.45, 7) is 3.44. The Bertz CT molecular complexity index is 630. The summed E-state index contributed by atoms with van der Waals surface area (Å²) in [5, 5.41) is 16.0. The molecule has 0 unspecified atom stereocenters. The Hall–Kier alpha value is -1.34.